The maximum absolute atomic E-state index is 5.91. The van der Waals surface area contributed by atoms with Gasteiger partial charge < -0.3 is 19.8 Å². The number of fused-ring (bicyclic) bond motifs is 2. The zero-order chi connectivity index (χ0) is 17.1. The molecular weight excluding hydrogens is 443 g/mol. The Morgan fingerprint density at radius 2 is 2.12 bits per heavy atom. The summed E-state index contributed by atoms with van der Waals surface area (Å²) in [6.45, 7) is 3.37. The molecule has 2 saturated heterocycles. The van der Waals surface area contributed by atoms with E-state index in [9.17, 15) is 0 Å². The van der Waals surface area contributed by atoms with Gasteiger partial charge in [-0.3, -0.25) is 0 Å². The molecule has 2 bridgehead atoms. The van der Waals surface area contributed by atoms with Gasteiger partial charge in [0.1, 0.15) is 12.0 Å². The lowest BCUT2D eigenvalue weighted by atomic mass is 9.96. The molecule has 3 unspecified atom stereocenters. The predicted molar refractivity (Wildman–Crippen MR) is 112 cm³/mol. The molecule has 3 heterocycles. The van der Waals surface area contributed by atoms with Crippen molar-refractivity contribution in [3.8, 4) is 11.5 Å². The fourth-order valence-corrected chi connectivity index (χ4v) is 3.54. The van der Waals surface area contributed by atoms with Crippen LogP contribution in [0.15, 0.2) is 46.0 Å². The molecule has 7 heteroatoms. The number of benzene rings is 1. The van der Waals surface area contributed by atoms with E-state index in [4.69, 9.17) is 9.15 Å². The van der Waals surface area contributed by atoms with Crippen molar-refractivity contribution in [3.05, 3.63) is 42.3 Å². The highest BCUT2D eigenvalue weighted by atomic mass is 127. The van der Waals surface area contributed by atoms with E-state index in [2.05, 4.69) is 27.5 Å². The van der Waals surface area contributed by atoms with Crippen LogP contribution in [0.4, 0.5) is 0 Å². The van der Waals surface area contributed by atoms with E-state index in [-0.39, 0.29) is 24.0 Å². The molecule has 2 aromatic rings. The lowest BCUT2D eigenvalue weighted by Crippen LogP contribution is -2.47. The van der Waals surface area contributed by atoms with E-state index in [1.54, 1.807) is 6.26 Å². The molecule has 0 amide bonds. The highest BCUT2D eigenvalue weighted by molar-refractivity contribution is 14.0. The normalized spacial score (nSPS) is 24.3. The molecule has 0 aliphatic carbocycles. The monoisotopic (exact) mass is 468 g/mol. The average molecular weight is 468 g/mol. The molecule has 2 fully saturated rings. The minimum absolute atomic E-state index is 0. The first-order valence-corrected chi connectivity index (χ1v) is 9.02. The summed E-state index contributed by atoms with van der Waals surface area (Å²) in [6.07, 6.45) is 5.83. The van der Waals surface area contributed by atoms with Gasteiger partial charge in [-0.2, -0.15) is 0 Å². The van der Waals surface area contributed by atoms with Crippen molar-refractivity contribution >= 4 is 29.9 Å². The van der Waals surface area contributed by atoms with Gasteiger partial charge in [-0.25, -0.2) is 9.98 Å². The van der Waals surface area contributed by atoms with Gasteiger partial charge >= 0.3 is 0 Å². The van der Waals surface area contributed by atoms with Crippen molar-refractivity contribution in [3.63, 3.8) is 0 Å². The maximum Gasteiger partial charge on any atom is 0.226 e. The Kier molecular flexibility index (Phi) is 6.53. The number of aromatic nitrogens is 1. The third kappa shape index (κ3) is 4.37. The van der Waals surface area contributed by atoms with E-state index in [1.807, 2.05) is 30.3 Å². The zero-order valence-electron chi connectivity index (χ0n) is 14.9. The van der Waals surface area contributed by atoms with Gasteiger partial charge in [0.2, 0.25) is 5.89 Å². The van der Waals surface area contributed by atoms with E-state index in [1.165, 1.54) is 6.42 Å². The molecule has 26 heavy (non-hydrogen) atoms. The number of guanidine groups is 1. The van der Waals surface area contributed by atoms with Crippen LogP contribution in [0.1, 0.15) is 31.9 Å². The Morgan fingerprint density at radius 1 is 1.27 bits per heavy atom. The van der Waals surface area contributed by atoms with Crippen molar-refractivity contribution in [2.24, 2.45) is 4.99 Å². The summed E-state index contributed by atoms with van der Waals surface area (Å²) in [4.78, 5) is 9.18. The Bertz CT molecular complexity index is 734. The van der Waals surface area contributed by atoms with Gasteiger partial charge in [-0.05, 0) is 38.3 Å². The van der Waals surface area contributed by atoms with Crippen molar-refractivity contribution in [1.29, 1.82) is 0 Å². The Morgan fingerprint density at radius 3 is 2.81 bits per heavy atom. The third-order valence-electron chi connectivity index (χ3n) is 4.74. The van der Waals surface area contributed by atoms with Crippen LogP contribution in [0.2, 0.25) is 0 Å². The summed E-state index contributed by atoms with van der Waals surface area (Å²) in [5.74, 6) is 1.44. The highest BCUT2D eigenvalue weighted by Gasteiger charge is 2.41. The van der Waals surface area contributed by atoms with Crippen molar-refractivity contribution in [2.75, 3.05) is 6.54 Å². The lowest BCUT2D eigenvalue weighted by molar-refractivity contribution is 0.0992. The highest BCUT2D eigenvalue weighted by Crippen LogP contribution is 2.34. The van der Waals surface area contributed by atoms with Crippen molar-refractivity contribution in [1.82, 2.24) is 15.6 Å². The molecule has 4 rings (SSSR count). The minimum Gasteiger partial charge on any atom is -0.444 e. The molecule has 140 valence electrons. The van der Waals surface area contributed by atoms with Crippen LogP contribution >= 0.6 is 24.0 Å². The van der Waals surface area contributed by atoms with Crippen molar-refractivity contribution in [2.45, 2.75) is 51.0 Å². The number of hydrogen-bond acceptors (Lipinski definition) is 4. The largest absolute Gasteiger partial charge is 0.444 e. The predicted octanol–water partition coefficient (Wildman–Crippen LogP) is 3.33. The second kappa shape index (κ2) is 8.85. The van der Waals surface area contributed by atoms with Gasteiger partial charge in [0.05, 0.1) is 24.8 Å². The number of hydrogen-bond donors (Lipinski definition) is 2. The maximum atomic E-state index is 5.91. The molecule has 1 aromatic carbocycles. The molecule has 0 saturated carbocycles. The first-order chi connectivity index (χ1) is 12.3. The molecule has 2 aliphatic rings. The van der Waals surface area contributed by atoms with Crippen LogP contribution < -0.4 is 10.6 Å². The summed E-state index contributed by atoms with van der Waals surface area (Å²) in [5, 5.41) is 6.82. The minimum atomic E-state index is 0. The summed E-state index contributed by atoms with van der Waals surface area (Å²) < 4.78 is 11.5. The van der Waals surface area contributed by atoms with Gasteiger partial charge in [0.25, 0.3) is 0 Å². The molecule has 6 nitrogen and oxygen atoms in total. The molecule has 1 aromatic heterocycles. The lowest BCUT2D eigenvalue weighted by Gasteiger charge is -2.22. The van der Waals surface area contributed by atoms with E-state index < -0.39 is 0 Å². The SMILES string of the molecule is CCNC(=NCc1coc(-c2ccccc2)n1)NC1CC2CCC1O2.I. The number of ether oxygens (including phenoxy) is 1. The van der Waals surface area contributed by atoms with Gasteiger partial charge in [0.15, 0.2) is 5.96 Å². The number of rotatable bonds is 5. The first-order valence-electron chi connectivity index (χ1n) is 9.02. The topological polar surface area (TPSA) is 71.7 Å². The van der Waals surface area contributed by atoms with Crippen LogP contribution in [-0.4, -0.2) is 35.7 Å². The second-order valence-corrected chi connectivity index (χ2v) is 6.57. The van der Waals surface area contributed by atoms with Crippen LogP contribution in [0.5, 0.6) is 0 Å². The third-order valence-corrected chi connectivity index (χ3v) is 4.74. The molecule has 2 aliphatic heterocycles. The summed E-state index contributed by atoms with van der Waals surface area (Å²) in [7, 11) is 0. The summed E-state index contributed by atoms with van der Waals surface area (Å²) in [6, 6.07) is 10.3. The average Bonchev–Trinajstić information content (AvgIpc) is 3.37. The fourth-order valence-electron chi connectivity index (χ4n) is 3.54. The summed E-state index contributed by atoms with van der Waals surface area (Å²) >= 11 is 0. The molecule has 3 atom stereocenters. The van der Waals surface area contributed by atoms with Crippen LogP contribution in [-0.2, 0) is 11.3 Å². The molecule has 0 radical (unpaired) electrons. The standard InChI is InChI=1S/C19H24N4O2.HI/c1-2-20-19(23-16-10-15-8-9-17(16)25-15)21-11-14-12-24-18(22-14)13-6-4-3-5-7-13;/h3-7,12,15-17H,2,8-11H2,1H3,(H2,20,21,23);1H. The quantitative estimate of drug-likeness (QED) is 0.400. The Hall–Kier alpha value is -1.61. The Balaban J connectivity index is 0.00000196. The second-order valence-electron chi connectivity index (χ2n) is 6.57. The Labute approximate surface area is 170 Å². The van der Waals surface area contributed by atoms with Gasteiger partial charge in [-0.15, -0.1) is 24.0 Å². The smallest absolute Gasteiger partial charge is 0.226 e. The van der Waals surface area contributed by atoms with Gasteiger partial charge in [0, 0.05) is 12.1 Å². The van der Waals surface area contributed by atoms with Crippen LogP contribution in [0.25, 0.3) is 11.5 Å². The number of nitrogens with one attached hydrogen (secondary N) is 2. The van der Waals surface area contributed by atoms with Crippen molar-refractivity contribution < 1.29 is 9.15 Å². The zero-order valence-corrected chi connectivity index (χ0v) is 17.2. The number of aliphatic imine (C=N–C) groups is 1. The first kappa shape index (κ1) is 19.2. The van der Waals surface area contributed by atoms with Crippen LogP contribution in [0.3, 0.4) is 0 Å². The fraction of sp³-hybridized carbons (Fsp3) is 0.474. The molecule has 0 spiro atoms. The number of halogens is 1. The number of oxazole rings is 1. The molecule has 2 N–H and O–H groups in total. The summed E-state index contributed by atoms with van der Waals surface area (Å²) in [5.41, 5.74) is 1.79. The van der Waals surface area contributed by atoms with E-state index in [0.29, 0.717) is 30.7 Å². The van der Waals surface area contributed by atoms with E-state index >= 15 is 0 Å². The van der Waals surface area contributed by atoms with E-state index in [0.717, 1.165) is 36.6 Å². The van der Waals surface area contributed by atoms with Gasteiger partial charge in [-0.1, -0.05) is 18.2 Å². The van der Waals surface area contributed by atoms with Crippen LogP contribution in [0, 0.1) is 0 Å². The number of nitrogens with zero attached hydrogens (tertiary/aromatic N) is 2. The molecular formula is C19H25IN4O2.